The fourth-order valence-electron chi connectivity index (χ4n) is 4.41. The standard InChI is InChI=1S/C22H28N2O4/c1-15-6-8-17(9-7-15)19-20(23-10-2-4-16(12-23)14-25)22(27)24(21(19)26)13-18-5-3-11-28-18/h6-9,16,18,25H,2-5,10-14H2,1H3. The number of imide groups is 1. The first-order valence-electron chi connectivity index (χ1n) is 10.2. The lowest BCUT2D eigenvalue weighted by atomic mass is 9.96. The molecule has 1 aromatic rings. The number of aliphatic hydroxyl groups excluding tert-OH is 1. The van der Waals surface area contributed by atoms with Gasteiger partial charge in [-0.15, -0.1) is 0 Å². The van der Waals surface area contributed by atoms with Gasteiger partial charge in [-0.2, -0.15) is 0 Å². The van der Waals surface area contributed by atoms with Crippen LogP contribution < -0.4 is 0 Å². The van der Waals surface area contributed by atoms with Gasteiger partial charge in [0.25, 0.3) is 11.8 Å². The molecule has 0 aromatic heterocycles. The third kappa shape index (κ3) is 3.59. The molecule has 0 radical (unpaired) electrons. The lowest BCUT2D eigenvalue weighted by molar-refractivity contribution is -0.139. The maximum Gasteiger partial charge on any atom is 0.277 e. The fourth-order valence-corrected chi connectivity index (χ4v) is 4.41. The Morgan fingerprint density at radius 3 is 2.57 bits per heavy atom. The highest BCUT2D eigenvalue weighted by Crippen LogP contribution is 2.34. The van der Waals surface area contributed by atoms with E-state index in [1.807, 2.05) is 36.1 Å². The zero-order valence-electron chi connectivity index (χ0n) is 16.4. The summed E-state index contributed by atoms with van der Waals surface area (Å²) < 4.78 is 5.67. The topological polar surface area (TPSA) is 70.1 Å². The van der Waals surface area contributed by atoms with E-state index in [0.29, 0.717) is 31.0 Å². The number of piperidine rings is 1. The van der Waals surface area contributed by atoms with Gasteiger partial charge in [0.2, 0.25) is 0 Å². The first-order chi connectivity index (χ1) is 13.6. The van der Waals surface area contributed by atoms with Crippen molar-refractivity contribution in [3.05, 3.63) is 41.1 Å². The van der Waals surface area contributed by atoms with Crippen molar-refractivity contribution in [2.75, 3.05) is 32.8 Å². The van der Waals surface area contributed by atoms with Crippen LogP contribution in [0.4, 0.5) is 0 Å². The average Bonchev–Trinajstić information content (AvgIpc) is 3.31. The zero-order chi connectivity index (χ0) is 19.7. The first-order valence-corrected chi connectivity index (χ1v) is 10.2. The van der Waals surface area contributed by atoms with Gasteiger partial charge >= 0.3 is 0 Å². The van der Waals surface area contributed by atoms with E-state index in [9.17, 15) is 14.7 Å². The van der Waals surface area contributed by atoms with Crippen molar-refractivity contribution >= 4 is 17.4 Å². The van der Waals surface area contributed by atoms with Gasteiger partial charge in [0.15, 0.2) is 0 Å². The third-order valence-electron chi connectivity index (χ3n) is 5.99. The number of carbonyl (C=O) groups is 2. The number of likely N-dealkylation sites (tertiary alicyclic amines) is 1. The summed E-state index contributed by atoms with van der Waals surface area (Å²) in [7, 11) is 0. The molecule has 0 bridgehead atoms. The SMILES string of the molecule is Cc1ccc(C2=C(N3CCCC(CO)C3)C(=O)N(CC3CCCO3)C2=O)cc1. The molecular weight excluding hydrogens is 356 g/mol. The summed E-state index contributed by atoms with van der Waals surface area (Å²) in [5.74, 6) is -0.323. The Kier molecular flexibility index (Phi) is 5.51. The van der Waals surface area contributed by atoms with Crippen LogP contribution in [0.25, 0.3) is 5.57 Å². The number of nitrogens with zero attached hydrogens (tertiary/aromatic N) is 2. The molecule has 2 amide bonds. The molecule has 0 aliphatic carbocycles. The molecule has 0 saturated carbocycles. The van der Waals surface area contributed by atoms with Crippen molar-refractivity contribution < 1.29 is 19.4 Å². The minimum absolute atomic E-state index is 0.0712. The quantitative estimate of drug-likeness (QED) is 0.786. The van der Waals surface area contributed by atoms with Crippen LogP contribution in [-0.2, 0) is 14.3 Å². The smallest absolute Gasteiger partial charge is 0.277 e. The number of amides is 2. The van der Waals surface area contributed by atoms with Gasteiger partial charge < -0.3 is 14.7 Å². The van der Waals surface area contributed by atoms with Crippen molar-refractivity contribution in [3.8, 4) is 0 Å². The van der Waals surface area contributed by atoms with Gasteiger partial charge in [-0.25, -0.2) is 0 Å². The van der Waals surface area contributed by atoms with E-state index in [4.69, 9.17) is 4.74 Å². The summed E-state index contributed by atoms with van der Waals surface area (Å²) in [6.07, 6.45) is 3.63. The van der Waals surface area contributed by atoms with Crippen LogP contribution in [-0.4, -0.2) is 65.7 Å². The number of ether oxygens (including phenoxy) is 1. The summed E-state index contributed by atoms with van der Waals surface area (Å²) in [5.41, 5.74) is 2.86. The number of hydrogen-bond acceptors (Lipinski definition) is 5. The molecule has 6 heteroatoms. The van der Waals surface area contributed by atoms with Crippen molar-refractivity contribution in [2.45, 2.75) is 38.7 Å². The molecule has 1 aromatic carbocycles. The van der Waals surface area contributed by atoms with Crippen molar-refractivity contribution in [3.63, 3.8) is 0 Å². The van der Waals surface area contributed by atoms with Crippen molar-refractivity contribution in [1.29, 1.82) is 0 Å². The van der Waals surface area contributed by atoms with Crippen molar-refractivity contribution in [2.24, 2.45) is 5.92 Å². The highest BCUT2D eigenvalue weighted by Gasteiger charge is 2.43. The lowest BCUT2D eigenvalue weighted by Crippen LogP contribution is -2.42. The Morgan fingerprint density at radius 1 is 1.11 bits per heavy atom. The normalized spacial score (nSPS) is 25.9. The Balaban J connectivity index is 1.69. The molecule has 2 fully saturated rings. The van der Waals surface area contributed by atoms with Gasteiger partial charge in [-0.05, 0) is 44.1 Å². The second-order valence-corrected chi connectivity index (χ2v) is 8.08. The van der Waals surface area contributed by atoms with E-state index < -0.39 is 0 Å². The van der Waals surface area contributed by atoms with E-state index in [-0.39, 0.29) is 30.4 Å². The van der Waals surface area contributed by atoms with Gasteiger partial charge in [0.1, 0.15) is 5.70 Å². The van der Waals surface area contributed by atoms with Crippen LogP contribution in [0.2, 0.25) is 0 Å². The molecule has 3 aliphatic heterocycles. The van der Waals surface area contributed by atoms with Crippen LogP contribution in [0.15, 0.2) is 30.0 Å². The molecule has 3 heterocycles. The Labute approximate surface area is 165 Å². The highest BCUT2D eigenvalue weighted by molar-refractivity contribution is 6.35. The second kappa shape index (κ2) is 8.05. The molecule has 0 spiro atoms. The minimum Gasteiger partial charge on any atom is -0.396 e. The monoisotopic (exact) mass is 384 g/mol. The Bertz CT molecular complexity index is 780. The molecule has 3 aliphatic rings. The molecular formula is C22H28N2O4. The van der Waals surface area contributed by atoms with Crippen LogP contribution in [0.1, 0.15) is 36.8 Å². The summed E-state index contributed by atoms with van der Waals surface area (Å²) in [5, 5.41) is 9.60. The molecule has 2 unspecified atom stereocenters. The maximum atomic E-state index is 13.3. The maximum absolute atomic E-state index is 13.3. The van der Waals surface area contributed by atoms with Gasteiger partial charge in [-0.3, -0.25) is 14.5 Å². The summed E-state index contributed by atoms with van der Waals surface area (Å²) in [4.78, 5) is 30.0. The molecule has 2 saturated heterocycles. The average molecular weight is 384 g/mol. The number of benzene rings is 1. The summed E-state index contributed by atoms with van der Waals surface area (Å²) >= 11 is 0. The van der Waals surface area contributed by atoms with Crippen molar-refractivity contribution in [1.82, 2.24) is 9.80 Å². The number of rotatable bonds is 5. The highest BCUT2D eigenvalue weighted by atomic mass is 16.5. The predicted molar refractivity (Wildman–Crippen MR) is 105 cm³/mol. The molecule has 1 N–H and O–H groups in total. The van der Waals surface area contributed by atoms with Gasteiger partial charge in [-0.1, -0.05) is 29.8 Å². The second-order valence-electron chi connectivity index (χ2n) is 8.08. The van der Waals surface area contributed by atoms with E-state index in [1.54, 1.807) is 0 Å². The largest absolute Gasteiger partial charge is 0.396 e. The van der Waals surface area contributed by atoms with E-state index in [0.717, 1.165) is 43.4 Å². The van der Waals surface area contributed by atoms with Crippen LogP contribution in [0.3, 0.4) is 0 Å². The van der Waals surface area contributed by atoms with Gasteiger partial charge in [0.05, 0.1) is 18.2 Å². The van der Waals surface area contributed by atoms with Crippen LogP contribution in [0.5, 0.6) is 0 Å². The van der Waals surface area contributed by atoms with Gasteiger partial charge in [0, 0.05) is 26.3 Å². The molecule has 150 valence electrons. The predicted octanol–water partition coefficient (Wildman–Crippen LogP) is 1.96. The zero-order valence-corrected chi connectivity index (χ0v) is 16.4. The third-order valence-corrected chi connectivity index (χ3v) is 5.99. The summed E-state index contributed by atoms with van der Waals surface area (Å²) in [6, 6.07) is 7.76. The van der Waals surface area contributed by atoms with E-state index >= 15 is 0 Å². The minimum atomic E-state index is -0.231. The number of aryl methyl sites for hydroxylation is 1. The Morgan fingerprint density at radius 2 is 1.89 bits per heavy atom. The lowest BCUT2D eigenvalue weighted by Gasteiger charge is -2.34. The molecule has 6 nitrogen and oxygen atoms in total. The first kappa shape index (κ1) is 19.2. The number of hydrogen-bond donors (Lipinski definition) is 1. The van der Waals surface area contributed by atoms with Crippen LogP contribution in [0, 0.1) is 12.8 Å². The molecule has 2 atom stereocenters. The summed E-state index contributed by atoms with van der Waals surface area (Å²) in [6.45, 7) is 4.44. The number of carbonyl (C=O) groups excluding carboxylic acids is 2. The van der Waals surface area contributed by atoms with E-state index in [2.05, 4.69) is 0 Å². The van der Waals surface area contributed by atoms with E-state index in [1.165, 1.54) is 4.90 Å². The fraction of sp³-hybridized carbons (Fsp3) is 0.545. The van der Waals surface area contributed by atoms with Crippen LogP contribution >= 0.6 is 0 Å². The Hall–Kier alpha value is -2.18. The number of aliphatic hydroxyl groups is 1. The molecule has 28 heavy (non-hydrogen) atoms. The molecule has 4 rings (SSSR count).